The molecule has 9 heteroatoms. The predicted octanol–water partition coefficient (Wildman–Crippen LogP) is 0.152. The van der Waals surface area contributed by atoms with Gasteiger partial charge in [0, 0.05) is 18.1 Å². The summed E-state index contributed by atoms with van der Waals surface area (Å²) in [5.41, 5.74) is 0. The number of carbonyl (C=O) groups excluding carboxylic acids is 1. The molecule has 0 saturated carbocycles. The summed E-state index contributed by atoms with van der Waals surface area (Å²) in [6.45, 7) is 3.62. The monoisotopic (exact) mass is 369 g/mol. The number of hydrogen-bond donors (Lipinski definition) is 3. The number of fused-ring (bicyclic) bond motifs is 2. The molecule has 3 N–H and O–H groups in total. The molecule has 1 amide bonds. The standard InChI is InChI=1S/C14H27N3O4S.ClH/c1-10(2)21-5-6-22(19,20)15-9-14(18)17-13-7-11-3-4-12(8-13)16-11;/h10-13,15-16H,3-9H2,1-2H3,(H,17,18);1H. The lowest BCUT2D eigenvalue weighted by Gasteiger charge is -2.29. The number of piperidine rings is 1. The summed E-state index contributed by atoms with van der Waals surface area (Å²) in [5, 5.41) is 6.43. The molecule has 2 bridgehead atoms. The number of rotatable bonds is 8. The zero-order valence-electron chi connectivity index (χ0n) is 13.7. The minimum Gasteiger partial charge on any atom is -0.378 e. The van der Waals surface area contributed by atoms with Crippen molar-refractivity contribution >= 4 is 28.3 Å². The first-order chi connectivity index (χ1) is 10.3. The van der Waals surface area contributed by atoms with Crippen molar-refractivity contribution in [2.24, 2.45) is 0 Å². The molecule has 0 spiro atoms. The average Bonchev–Trinajstić information content (AvgIpc) is 2.75. The van der Waals surface area contributed by atoms with Crippen LogP contribution in [-0.4, -0.2) is 57.5 Å². The largest absolute Gasteiger partial charge is 0.378 e. The van der Waals surface area contributed by atoms with Gasteiger partial charge in [0.2, 0.25) is 15.9 Å². The molecule has 136 valence electrons. The highest BCUT2D eigenvalue weighted by atomic mass is 35.5. The quantitative estimate of drug-likeness (QED) is 0.566. The molecular weight excluding hydrogens is 342 g/mol. The molecule has 0 aromatic carbocycles. The Labute approximate surface area is 144 Å². The van der Waals surface area contributed by atoms with Crippen LogP contribution in [0.3, 0.4) is 0 Å². The van der Waals surface area contributed by atoms with Gasteiger partial charge in [-0.25, -0.2) is 13.1 Å². The fourth-order valence-electron chi connectivity index (χ4n) is 3.10. The van der Waals surface area contributed by atoms with Gasteiger partial charge in [-0.1, -0.05) is 0 Å². The van der Waals surface area contributed by atoms with Crippen molar-refractivity contribution in [1.82, 2.24) is 15.4 Å². The maximum absolute atomic E-state index is 11.9. The van der Waals surface area contributed by atoms with E-state index in [9.17, 15) is 13.2 Å². The molecule has 0 aromatic rings. The Morgan fingerprint density at radius 1 is 1.26 bits per heavy atom. The summed E-state index contributed by atoms with van der Waals surface area (Å²) in [7, 11) is -3.47. The second-order valence-electron chi connectivity index (χ2n) is 6.43. The van der Waals surface area contributed by atoms with E-state index in [0.717, 1.165) is 12.8 Å². The normalized spacial score (nSPS) is 26.8. The molecule has 0 radical (unpaired) electrons. The number of ether oxygens (including phenoxy) is 1. The number of amides is 1. The van der Waals surface area contributed by atoms with Gasteiger partial charge in [0.05, 0.1) is 25.0 Å². The lowest BCUT2D eigenvalue weighted by atomic mass is 10.00. The Bertz CT molecular complexity index is 474. The third-order valence-corrected chi connectivity index (χ3v) is 5.38. The third kappa shape index (κ3) is 7.34. The van der Waals surface area contributed by atoms with E-state index in [-0.39, 0.29) is 49.4 Å². The highest BCUT2D eigenvalue weighted by Crippen LogP contribution is 2.26. The van der Waals surface area contributed by atoms with Crippen LogP contribution in [-0.2, 0) is 19.6 Å². The smallest absolute Gasteiger partial charge is 0.235 e. The Morgan fingerprint density at radius 2 is 1.87 bits per heavy atom. The second kappa shape index (κ2) is 9.17. The molecule has 2 rings (SSSR count). The summed E-state index contributed by atoms with van der Waals surface area (Å²) in [4.78, 5) is 11.9. The van der Waals surface area contributed by atoms with Crippen LogP contribution in [0.1, 0.15) is 39.5 Å². The van der Waals surface area contributed by atoms with Crippen LogP contribution >= 0.6 is 12.4 Å². The third-order valence-electron chi connectivity index (χ3n) is 4.09. The van der Waals surface area contributed by atoms with Crippen LogP contribution in [0.4, 0.5) is 0 Å². The van der Waals surface area contributed by atoms with Crippen molar-refractivity contribution in [2.75, 3.05) is 18.9 Å². The Hall–Kier alpha value is -0.410. The van der Waals surface area contributed by atoms with Crippen LogP contribution in [0.5, 0.6) is 0 Å². The van der Waals surface area contributed by atoms with Crippen LogP contribution in [0.15, 0.2) is 0 Å². The van der Waals surface area contributed by atoms with E-state index in [2.05, 4.69) is 15.4 Å². The SMILES string of the molecule is CC(C)OCCS(=O)(=O)NCC(=O)NC1CC2CCC(C1)N2.Cl. The molecule has 23 heavy (non-hydrogen) atoms. The first kappa shape index (κ1) is 20.6. The van der Waals surface area contributed by atoms with Gasteiger partial charge >= 0.3 is 0 Å². The average molecular weight is 370 g/mol. The maximum Gasteiger partial charge on any atom is 0.235 e. The van der Waals surface area contributed by atoms with E-state index >= 15 is 0 Å². The van der Waals surface area contributed by atoms with Crippen molar-refractivity contribution in [3.63, 3.8) is 0 Å². The van der Waals surface area contributed by atoms with Crippen molar-refractivity contribution in [1.29, 1.82) is 0 Å². The summed E-state index contributed by atoms with van der Waals surface area (Å²) in [5.74, 6) is -0.393. The highest BCUT2D eigenvalue weighted by Gasteiger charge is 2.33. The van der Waals surface area contributed by atoms with E-state index in [1.165, 1.54) is 12.8 Å². The van der Waals surface area contributed by atoms with Gasteiger partial charge in [-0.15, -0.1) is 12.4 Å². The lowest BCUT2D eigenvalue weighted by molar-refractivity contribution is -0.120. The Kier molecular flexibility index (Phi) is 8.23. The molecule has 2 aliphatic rings. The molecule has 2 atom stereocenters. The Balaban J connectivity index is 0.00000264. The number of nitrogens with one attached hydrogen (secondary N) is 3. The number of carbonyl (C=O) groups is 1. The number of sulfonamides is 1. The molecule has 0 aromatic heterocycles. The predicted molar refractivity (Wildman–Crippen MR) is 91.2 cm³/mol. The van der Waals surface area contributed by atoms with E-state index < -0.39 is 10.0 Å². The summed E-state index contributed by atoms with van der Waals surface area (Å²) < 4.78 is 31.0. The van der Waals surface area contributed by atoms with E-state index in [0.29, 0.717) is 12.1 Å². The van der Waals surface area contributed by atoms with Crippen LogP contribution in [0.2, 0.25) is 0 Å². The molecular formula is C14H28ClN3O4S. The summed E-state index contributed by atoms with van der Waals surface area (Å²) >= 11 is 0. The van der Waals surface area contributed by atoms with Crippen molar-refractivity contribution in [3.8, 4) is 0 Å². The van der Waals surface area contributed by atoms with E-state index in [1.807, 2.05) is 13.8 Å². The van der Waals surface area contributed by atoms with E-state index in [1.54, 1.807) is 0 Å². The minimum absolute atomic E-state index is 0. The lowest BCUT2D eigenvalue weighted by Crippen LogP contribution is -2.50. The highest BCUT2D eigenvalue weighted by molar-refractivity contribution is 7.89. The number of halogens is 1. The van der Waals surface area contributed by atoms with Crippen LogP contribution in [0.25, 0.3) is 0 Å². The van der Waals surface area contributed by atoms with Crippen molar-refractivity contribution in [2.45, 2.75) is 63.8 Å². The maximum atomic E-state index is 11.9. The first-order valence-electron chi connectivity index (χ1n) is 7.98. The molecule has 2 aliphatic heterocycles. The van der Waals surface area contributed by atoms with E-state index in [4.69, 9.17) is 4.74 Å². The van der Waals surface area contributed by atoms with Crippen molar-refractivity contribution in [3.05, 3.63) is 0 Å². The van der Waals surface area contributed by atoms with Gasteiger partial charge in [0.15, 0.2) is 0 Å². The second-order valence-corrected chi connectivity index (χ2v) is 8.36. The molecule has 2 saturated heterocycles. The first-order valence-corrected chi connectivity index (χ1v) is 9.63. The zero-order chi connectivity index (χ0) is 16.2. The summed E-state index contributed by atoms with van der Waals surface area (Å²) in [6.07, 6.45) is 4.18. The molecule has 2 heterocycles. The minimum atomic E-state index is -3.47. The summed E-state index contributed by atoms with van der Waals surface area (Å²) in [6, 6.07) is 1.14. The van der Waals surface area contributed by atoms with Gasteiger partial charge in [0.25, 0.3) is 0 Å². The molecule has 2 fully saturated rings. The van der Waals surface area contributed by atoms with Gasteiger partial charge in [-0.05, 0) is 39.5 Å². The van der Waals surface area contributed by atoms with Gasteiger partial charge < -0.3 is 15.4 Å². The van der Waals surface area contributed by atoms with Gasteiger partial charge in [0.1, 0.15) is 0 Å². The molecule has 2 unspecified atom stereocenters. The van der Waals surface area contributed by atoms with Gasteiger partial charge in [-0.2, -0.15) is 0 Å². The van der Waals surface area contributed by atoms with Gasteiger partial charge in [-0.3, -0.25) is 4.79 Å². The van der Waals surface area contributed by atoms with Crippen LogP contribution in [0, 0.1) is 0 Å². The zero-order valence-corrected chi connectivity index (χ0v) is 15.3. The number of hydrogen-bond acceptors (Lipinski definition) is 5. The molecule has 7 nitrogen and oxygen atoms in total. The fraction of sp³-hybridized carbons (Fsp3) is 0.929. The molecule has 0 aliphatic carbocycles. The Morgan fingerprint density at radius 3 is 2.43 bits per heavy atom. The fourth-order valence-corrected chi connectivity index (χ4v) is 3.91. The van der Waals surface area contributed by atoms with Crippen LogP contribution < -0.4 is 15.4 Å². The van der Waals surface area contributed by atoms with Crippen molar-refractivity contribution < 1.29 is 17.9 Å². The topological polar surface area (TPSA) is 96.5 Å².